The Kier molecular flexibility index (Phi) is 6.18. The van der Waals surface area contributed by atoms with Crippen LogP contribution in [0.5, 0.6) is 17.2 Å². The molecule has 1 aliphatic rings. The lowest BCUT2D eigenvalue weighted by Crippen LogP contribution is -2.60. The summed E-state index contributed by atoms with van der Waals surface area (Å²) in [4.78, 5) is 0. The number of ether oxygens (including phenoxy) is 2. The van der Waals surface area contributed by atoms with Crippen molar-refractivity contribution < 1.29 is 40.1 Å². The Balaban J connectivity index is 1.76. The van der Waals surface area contributed by atoms with Gasteiger partial charge in [0, 0.05) is 6.07 Å². The minimum absolute atomic E-state index is 0.0903. The van der Waals surface area contributed by atoms with Gasteiger partial charge in [-0.3, -0.25) is 0 Å². The highest BCUT2D eigenvalue weighted by molar-refractivity contribution is 5.71. The predicted molar refractivity (Wildman–Crippen MR) is 99.5 cm³/mol. The van der Waals surface area contributed by atoms with Crippen LogP contribution in [-0.4, -0.2) is 68.0 Å². The van der Waals surface area contributed by atoms with Gasteiger partial charge >= 0.3 is 0 Å². The van der Waals surface area contributed by atoms with Crippen LogP contribution in [0.1, 0.15) is 11.1 Å². The third kappa shape index (κ3) is 4.61. The smallest absolute Gasteiger partial charge is 0.229 e. The molecule has 0 bridgehead atoms. The second-order valence-electron chi connectivity index (χ2n) is 6.50. The molecule has 0 spiro atoms. The fourth-order valence-corrected chi connectivity index (χ4v) is 2.85. The van der Waals surface area contributed by atoms with Crippen LogP contribution >= 0.6 is 0 Å². The molecule has 6 N–H and O–H groups in total. The first-order valence-corrected chi connectivity index (χ1v) is 8.65. The van der Waals surface area contributed by atoms with Gasteiger partial charge in [-0.1, -0.05) is 24.3 Å². The van der Waals surface area contributed by atoms with Crippen molar-refractivity contribution in [2.75, 3.05) is 6.61 Å². The first-order chi connectivity index (χ1) is 13.4. The summed E-state index contributed by atoms with van der Waals surface area (Å²) in [5, 5.41) is 58.2. The third-order valence-corrected chi connectivity index (χ3v) is 4.38. The molecule has 1 heterocycles. The zero-order chi connectivity index (χ0) is 20.3. The van der Waals surface area contributed by atoms with Gasteiger partial charge in [0.2, 0.25) is 6.29 Å². The van der Waals surface area contributed by atoms with E-state index >= 15 is 0 Å². The zero-order valence-corrected chi connectivity index (χ0v) is 14.8. The fourth-order valence-electron chi connectivity index (χ4n) is 2.85. The van der Waals surface area contributed by atoms with E-state index < -0.39 is 37.3 Å². The lowest BCUT2D eigenvalue weighted by Gasteiger charge is -2.39. The Labute approximate surface area is 161 Å². The topological polar surface area (TPSA) is 140 Å². The summed E-state index contributed by atoms with van der Waals surface area (Å²) in [6, 6.07) is 10.9. The minimum atomic E-state index is -1.55. The van der Waals surface area contributed by atoms with Crippen LogP contribution in [0.3, 0.4) is 0 Å². The van der Waals surface area contributed by atoms with E-state index in [0.29, 0.717) is 5.56 Å². The van der Waals surface area contributed by atoms with Gasteiger partial charge in [-0.15, -0.1) is 0 Å². The fraction of sp³-hybridized carbons (Fsp3) is 0.300. The van der Waals surface area contributed by atoms with Crippen molar-refractivity contribution in [1.82, 2.24) is 0 Å². The third-order valence-electron chi connectivity index (χ3n) is 4.38. The van der Waals surface area contributed by atoms with E-state index in [0.717, 1.165) is 5.56 Å². The summed E-state index contributed by atoms with van der Waals surface area (Å²) in [6.45, 7) is -0.564. The number of hydrogen-bond acceptors (Lipinski definition) is 8. The lowest BCUT2D eigenvalue weighted by atomic mass is 9.99. The molecule has 5 atom stereocenters. The van der Waals surface area contributed by atoms with Gasteiger partial charge in [0.1, 0.15) is 41.7 Å². The molecule has 0 aliphatic carbocycles. The molecular formula is C20H22O8. The van der Waals surface area contributed by atoms with E-state index in [9.17, 15) is 30.6 Å². The molecule has 28 heavy (non-hydrogen) atoms. The van der Waals surface area contributed by atoms with Crippen LogP contribution in [0.15, 0.2) is 42.5 Å². The highest BCUT2D eigenvalue weighted by Crippen LogP contribution is 2.28. The molecule has 1 fully saturated rings. The van der Waals surface area contributed by atoms with Gasteiger partial charge in [0.05, 0.1) is 6.61 Å². The number of hydrogen-bond donors (Lipinski definition) is 6. The van der Waals surface area contributed by atoms with Gasteiger partial charge in [-0.25, -0.2) is 0 Å². The van der Waals surface area contributed by atoms with Crippen molar-refractivity contribution in [1.29, 1.82) is 0 Å². The Morgan fingerprint density at radius 2 is 1.50 bits per heavy atom. The summed E-state index contributed by atoms with van der Waals surface area (Å²) in [5.74, 6) is 0.229. The molecule has 2 aromatic carbocycles. The van der Waals surface area contributed by atoms with Gasteiger partial charge in [0.25, 0.3) is 0 Å². The maximum Gasteiger partial charge on any atom is 0.229 e. The Bertz CT molecular complexity index is 817. The number of aliphatic hydroxyl groups is 4. The highest BCUT2D eigenvalue weighted by atomic mass is 16.7. The van der Waals surface area contributed by atoms with Crippen LogP contribution in [0.4, 0.5) is 0 Å². The van der Waals surface area contributed by atoms with Crippen LogP contribution in [0.2, 0.25) is 0 Å². The van der Waals surface area contributed by atoms with Crippen molar-refractivity contribution in [3.8, 4) is 17.2 Å². The van der Waals surface area contributed by atoms with Crippen LogP contribution < -0.4 is 4.74 Å². The highest BCUT2D eigenvalue weighted by Gasteiger charge is 2.44. The monoisotopic (exact) mass is 390 g/mol. The van der Waals surface area contributed by atoms with Crippen molar-refractivity contribution in [2.45, 2.75) is 30.7 Å². The maximum absolute atomic E-state index is 10.1. The number of rotatable bonds is 5. The van der Waals surface area contributed by atoms with Crippen molar-refractivity contribution >= 4 is 12.2 Å². The van der Waals surface area contributed by atoms with Crippen molar-refractivity contribution in [2.24, 2.45) is 0 Å². The lowest BCUT2D eigenvalue weighted by molar-refractivity contribution is -0.277. The molecule has 2 aromatic rings. The van der Waals surface area contributed by atoms with E-state index in [-0.39, 0.29) is 17.2 Å². The average Bonchev–Trinajstić information content (AvgIpc) is 2.67. The SMILES string of the molecule is OC[C@@H]1OC(Oc2cc(O)cc(/C=C/c3ccc(O)cc3)c2)[C@@H](O)[C@H](O)[C@H]1O. The van der Waals surface area contributed by atoms with E-state index in [1.165, 1.54) is 12.1 Å². The number of benzene rings is 2. The van der Waals surface area contributed by atoms with E-state index in [1.54, 1.807) is 42.5 Å². The molecule has 1 unspecified atom stereocenters. The minimum Gasteiger partial charge on any atom is -0.508 e. The van der Waals surface area contributed by atoms with Crippen LogP contribution in [0.25, 0.3) is 12.2 Å². The molecule has 3 rings (SSSR count). The van der Waals surface area contributed by atoms with Crippen molar-refractivity contribution in [3.63, 3.8) is 0 Å². The second kappa shape index (κ2) is 8.59. The molecule has 0 radical (unpaired) electrons. The Morgan fingerprint density at radius 3 is 2.18 bits per heavy atom. The average molecular weight is 390 g/mol. The van der Waals surface area contributed by atoms with Crippen LogP contribution in [-0.2, 0) is 4.74 Å². The first kappa shape index (κ1) is 20.1. The molecular weight excluding hydrogens is 368 g/mol. The molecule has 0 saturated carbocycles. The Hall–Kier alpha value is -2.62. The Morgan fingerprint density at radius 1 is 0.821 bits per heavy atom. The van der Waals surface area contributed by atoms with Crippen molar-refractivity contribution in [3.05, 3.63) is 53.6 Å². The van der Waals surface area contributed by atoms with Gasteiger partial charge in [0.15, 0.2) is 0 Å². The largest absolute Gasteiger partial charge is 0.508 e. The second-order valence-corrected chi connectivity index (χ2v) is 6.50. The summed E-state index contributed by atoms with van der Waals surface area (Å²) in [5.41, 5.74) is 1.42. The number of phenols is 2. The summed E-state index contributed by atoms with van der Waals surface area (Å²) < 4.78 is 10.8. The van der Waals surface area contributed by atoms with E-state index in [4.69, 9.17) is 9.47 Å². The maximum atomic E-state index is 10.1. The van der Waals surface area contributed by atoms with Gasteiger partial charge in [-0.2, -0.15) is 0 Å². The first-order valence-electron chi connectivity index (χ1n) is 8.65. The van der Waals surface area contributed by atoms with E-state index in [1.807, 2.05) is 0 Å². The summed E-state index contributed by atoms with van der Waals surface area (Å²) in [7, 11) is 0. The summed E-state index contributed by atoms with van der Waals surface area (Å²) >= 11 is 0. The molecule has 1 saturated heterocycles. The number of aliphatic hydroxyl groups excluding tert-OH is 4. The molecule has 150 valence electrons. The standard InChI is InChI=1S/C20H22O8/c21-10-16-17(24)18(25)19(26)20(28-16)27-15-8-12(7-14(23)9-15)2-1-11-3-5-13(22)6-4-11/h1-9,16-26H,10H2/b2-1+/t16-,17-,18+,19-,20?/m0/s1. The number of phenolic OH excluding ortho intramolecular Hbond substituents is 2. The normalized spacial score (nSPS) is 27.8. The van der Waals surface area contributed by atoms with Gasteiger partial charge < -0.3 is 40.1 Å². The number of aromatic hydroxyl groups is 2. The molecule has 0 amide bonds. The molecule has 1 aliphatic heterocycles. The molecule has 8 heteroatoms. The van der Waals surface area contributed by atoms with Gasteiger partial charge in [-0.05, 0) is 35.4 Å². The zero-order valence-electron chi connectivity index (χ0n) is 14.8. The van der Waals surface area contributed by atoms with Crippen LogP contribution in [0, 0.1) is 0 Å². The predicted octanol–water partition coefficient (Wildman–Crippen LogP) is 0.447. The van der Waals surface area contributed by atoms with E-state index in [2.05, 4.69) is 0 Å². The summed E-state index contributed by atoms with van der Waals surface area (Å²) in [6.07, 6.45) is -3.52. The quantitative estimate of drug-likeness (QED) is 0.405. The molecule has 8 nitrogen and oxygen atoms in total. The molecule has 0 aromatic heterocycles.